The largest absolute Gasteiger partial charge is 0.497 e. The van der Waals surface area contributed by atoms with E-state index in [-0.39, 0.29) is 11.8 Å². The van der Waals surface area contributed by atoms with Crippen LogP contribution < -0.4 is 15.0 Å². The van der Waals surface area contributed by atoms with Crippen LogP contribution in [0, 0.1) is 6.92 Å². The van der Waals surface area contributed by atoms with Gasteiger partial charge >= 0.3 is 0 Å². The van der Waals surface area contributed by atoms with Gasteiger partial charge in [-0.25, -0.2) is 0 Å². The van der Waals surface area contributed by atoms with E-state index < -0.39 is 6.10 Å². The van der Waals surface area contributed by atoms with E-state index in [1.165, 1.54) is 0 Å². The van der Waals surface area contributed by atoms with Gasteiger partial charge in [0.05, 0.1) is 13.7 Å². The normalized spacial score (nSPS) is 14.8. The molecule has 1 heterocycles. The third-order valence-electron chi connectivity index (χ3n) is 4.83. The minimum Gasteiger partial charge on any atom is -0.497 e. The molecule has 148 valence electrons. The van der Waals surface area contributed by atoms with E-state index in [0.29, 0.717) is 18.7 Å². The van der Waals surface area contributed by atoms with E-state index in [4.69, 9.17) is 9.47 Å². The first-order valence-electron chi connectivity index (χ1n) is 9.44. The van der Waals surface area contributed by atoms with Crippen LogP contribution in [-0.2, 0) is 20.9 Å². The molecule has 2 aromatic carbocycles. The van der Waals surface area contributed by atoms with Crippen LogP contribution >= 0.6 is 0 Å². The zero-order valence-electron chi connectivity index (χ0n) is 16.5. The molecular formula is C22H26N2O4. The molecule has 0 spiro atoms. The molecule has 1 atom stereocenters. The van der Waals surface area contributed by atoms with Gasteiger partial charge in [0, 0.05) is 24.3 Å². The number of aryl methyl sites for hydroxylation is 1. The molecule has 0 aromatic heterocycles. The van der Waals surface area contributed by atoms with Crippen LogP contribution in [0.25, 0.3) is 0 Å². The van der Waals surface area contributed by atoms with Crippen molar-refractivity contribution in [1.29, 1.82) is 0 Å². The van der Waals surface area contributed by atoms with E-state index in [1.807, 2.05) is 49.4 Å². The average molecular weight is 382 g/mol. The lowest BCUT2D eigenvalue weighted by Crippen LogP contribution is -2.28. The summed E-state index contributed by atoms with van der Waals surface area (Å²) in [5.74, 6) is 0.692. The molecule has 1 saturated heterocycles. The summed E-state index contributed by atoms with van der Waals surface area (Å²) in [6.07, 6.45) is 0.880. The number of methoxy groups -OCH3 is 1. The van der Waals surface area contributed by atoms with E-state index >= 15 is 0 Å². The van der Waals surface area contributed by atoms with E-state index in [1.54, 1.807) is 18.9 Å². The summed E-state index contributed by atoms with van der Waals surface area (Å²) in [6, 6.07) is 13.1. The Morgan fingerprint density at radius 3 is 2.75 bits per heavy atom. The maximum atomic E-state index is 12.4. The SMILES string of the molecule is COc1cccc(COC(C)C(=O)Nc2ccc(N3CCCC3=O)c(C)c2)c1. The lowest BCUT2D eigenvalue weighted by molar-refractivity contribution is -0.127. The van der Waals surface area contributed by atoms with Gasteiger partial charge in [-0.1, -0.05) is 12.1 Å². The quantitative estimate of drug-likeness (QED) is 0.793. The van der Waals surface area contributed by atoms with Gasteiger partial charge < -0.3 is 19.7 Å². The van der Waals surface area contributed by atoms with E-state index in [0.717, 1.165) is 35.5 Å². The Labute approximate surface area is 165 Å². The summed E-state index contributed by atoms with van der Waals surface area (Å²) in [5.41, 5.74) is 3.49. The third kappa shape index (κ3) is 4.70. The Kier molecular flexibility index (Phi) is 6.31. The second-order valence-electron chi connectivity index (χ2n) is 6.94. The maximum absolute atomic E-state index is 12.4. The number of rotatable bonds is 7. The zero-order valence-corrected chi connectivity index (χ0v) is 16.5. The molecule has 0 bridgehead atoms. The van der Waals surface area contributed by atoms with Crippen molar-refractivity contribution < 1.29 is 19.1 Å². The number of nitrogens with zero attached hydrogens (tertiary/aromatic N) is 1. The van der Waals surface area contributed by atoms with Crippen molar-refractivity contribution in [2.75, 3.05) is 23.9 Å². The highest BCUT2D eigenvalue weighted by Crippen LogP contribution is 2.27. The molecular weight excluding hydrogens is 356 g/mol. The molecule has 3 rings (SSSR count). The van der Waals surface area contributed by atoms with Gasteiger partial charge in [0.1, 0.15) is 11.9 Å². The van der Waals surface area contributed by atoms with Crippen molar-refractivity contribution in [3.8, 4) is 5.75 Å². The van der Waals surface area contributed by atoms with Gasteiger partial charge in [-0.3, -0.25) is 9.59 Å². The van der Waals surface area contributed by atoms with Crippen molar-refractivity contribution in [1.82, 2.24) is 0 Å². The summed E-state index contributed by atoms with van der Waals surface area (Å²) >= 11 is 0. The van der Waals surface area contributed by atoms with Crippen molar-refractivity contribution in [3.05, 3.63) is 53.6 Å². The number of ether oxygens (including phenoxy) is 2. The molecule has 1 aliphatic heterocycles. The fourth-order valence-electron chi connectivity index (χ4n) is 3.24. The Morgan fingerprint density at radius 1 is 1.25 bits per heavy atom. The number of carbonyl (C=O) groups excluding carboxylic acids is 2. The average Bonchev–Trinajstić information content (AvgIpc) is 3.12. The van der Waals surface area contributed by atoms with Crippen molar-refractivity contribution in [3.63, 3.8) is 0 Å². The van der Waals surface area contributed by atoms with Gasteiger partial charge in [-0.05, 0) is 61.7 Å². The second-order valence-corrected chi connectivity index (χ2v) is 6.94. The first-order chi connectivity index (χ1) is 13.5. The van der Waals surface area contributed by atoms with Crippen LogP contribution in [0.3, 0.4) is 0 Å². The Hall–Kier alpha value is -2.86. The monoisotopic (exact) mass is 382 g/mol. The Morgan fingerprint density at radius 2 is 2.07 bits per heavy atom. The summed E-state index contributed by atoms with van der Waals surface area (Å²) < 4.78 is 10.9. The summed E-state index contributed by atoms with van der Waals surface area (Å²) in [6.45, 7) is 4.74. The van der Waals surface area contributed by atoms with Crippen LogP contribution in [0.15, 0.2) is 42.5 Å². The Bertz CT molecular complexity index is 865. The third-order valence-corrected chi connectivity index (χ3v) is 4.83. The van der Waals surface area contributed by atoms with Gasteiger partial charge in [-0.2, -0.15) is 0 Å². The topological polar surface area (TPSA) is 67.9 Å². The van der Waals surface area contributed by atoms with Gasteiger partial charge in [0.15, 0.2) is 0 Å². The maximum Gasteiger partial charge on any atom is 0.253 e. The standard InChI is InChI=1S/C22H26N2O4/c1-15-12-18(9-10-20(15)24-11-5-8-21(24)25)23-22(26)16(2)28-14-17-6-4-7-19(13-17)27-3/h4,6-7,9-10,12-13,16H,5,8,11,14H2,1-3H3,(H,23,26). The molecule has 1 unspecified atom stereocenters. The molecule has 1 fully saturated rings. The number of hydrogen-bond donors (Lipinski definition) is 1. The lowest BCUT2D eigenvalue weighted by atomic mass is 10.1. The minimum atomic E-state index is -0.605. The lowest BCUT2D eigenvalue weighted by Gasteiger charge is -2.19. The first kappa shape index (κ1) is 19.9. The fourth-order valence-corrected chi connectivity index (χ4v) is 3.24. The van der Waals surface area contributed by atoms with Gasteiger partial charge in [0.25, 0.3) is 5.91 Å². The molecule has 1 N–H and O–H groups in total. The second kappa shape index (κ2) is 8.89. The highest BCUT2D eigenvalue weighted by molar-refractivity contribution is 5.97. The smallest absolute Gasteiger partial charge is 0.253 e. The number of amides is 2. The highest BCUT2D eigenvalue weighted by Gasteiger charge is 2.23. The number of benzene rings is 2. The van der Waals surface area contributed by atoms with Crippen LogP contribution in [-0.4, -0.2) is 31.6 Å². The minimum absolute atomic E-state index is 0.152. The predicted octanol–water partition coefficient (Wildman–Crippen LogP) is 3.67. The summed E-state index contributed by atoms with van der Waals surface area (Å²) in [7, 11) is 1.61. The fraction of sp³-hybridized carbons (Fsp3) is 0.364. The number of anilines is 2. The zero-order chi connectivity index (χ0) is 20.1. The summed E-state index contributed by atoms with van der Waals surface area (Å²) in [4.78, 5) is 26.2. The number of nitrogens with one attached hydrogen (secondary N) is 1. The van der Waals surface area contributed by atoms with Gasteiger partial charge in [-0.15, -0.1) is 0 Å². The van der Waals surface area contributed by atoms with Crippen LogP contribution in [0.2, 0.25) is 0 Å². The van der Waals surface area contributed by atoms with Crippen LogP contribution in [0.1, 0.15) is 30.9 Å². The van der Waals surface area contributed by atoms with Crippen molar-refractivity contribution >= 4 is 23.2 Å². The molecule has 6 nitrogen and oxygen atoms in total. The molecule has 2 aromatic rings. The van der Waals surface area contributed by atoms with Gasteiger partial charge in [0.2, 0.25) is 5.91 Å². The molecule has 0 radical (unpaired) electrons. The highest BCUT2D eigenvalue weighted by atomic mass is 16.5. The molecule has 6 heteroatoms. The molecule has 1 aliphatic rings. The van der Waals surface area contributed by atoms with E-state index in [9.17, 15) is 9.59 Å². The Balaban J connectivity index is 1.57. The molecule has 0 aliphatic carbocycles. The van der Waals surface area contributed by atoms with Crippen molar-refractivity contribution in [2.24, 2.45) is 0 Å². The number of hydrogen-bond acceptors (Lipinski definition) is 4. The molecule has 2 amide bonds. The van der Waals surface area contributed by atoms with Crippen LogP contribution in [0.5, 0.6) is 5.75 Å². The van der Waals surface area contributed by atoms with Crippen molar-refractivity contribution in [2.45, 2.75) is 39.4 Å². The molecule has 28 heavy (non-hydrogen) atoms. The molecule has 0 saturated carbocycles. The number of carbonyl (C=O) groups is 2. The van der Waals surface area contributed by atoms with Crippen LogP contribution in [0.4, 0.5) is 11.4 Å². The summed E-state index contributed by atoms with van der Waals surface area (Å²) in [5, 5.41) is 2.88. The predicted molar refractivity (Wildman–Crippen MR) is 109 cm³/mol. The first-order valence-corrected chi connectivity index (χ1v) is 9.44. The van der Waals surface area contributed by atoms with E-state index in [2.05, 4.69) is 5.32 Å².